The quantitative estimate of drug-likeness (QED) is 0.880. The lowest BCUT2D eigenvalue weighted by Gasteiger charge is -2.33. The predicted molar refractivity (Wildman–Crippen MR) is 94.0 cm³/mol. The molecule has 24 heavy (non-hydrogen) atoms. The van der Waals surface area contributed by atoms with E-state index in [0.717, 1.165) is 24.0 Å². The molecule has 0 radical (unpaired) electrons. The summed E-state index contributed by atoms with van der Waals surface area (Å²) in [5.41, 5.74) is 1.92. The molecule has 0 spiro atoms. The van der Waals surface area contributed by atoms with Gasteiger partial charge in [0.25, 0.3) is 0 Å². The first-order valence-electron chi connectivity index (χ1n) is 8.34. The molecular formula is C20H22N2O2. The Kier molecular flexibility index (Phi) is 5.39. The van der Waals surface area contributed by atoms with Crippen molar-refractivity contribution in [3.63, 3.8) is 0 Å². The lowest BCUT2D eigenvalue weighted by atomic mass is 9.87. The Hall–Kier alpha value is -2.46. The van der Waals surface area contributed by atoms with Crippen LogP contribution in [0.25, 0.3) is 6.08 Å². The summed E-state index contributed by atoms with van der Waals surface area (Å²) in [6.07, 6.45) is 8.05. The zero-order chi connectivity index (χ0) is 16.8. The van der Waals surface area contributed by atoms with Gasteiger partial charge in [0.2, 0.25) is 5.91 Å². The molecule has 1 amide bonds. The molecule has 1 atom stereocenters. The zero-order valence-corrected chi connectivity index (χ0v) is 13.6. The summed E-state index contributed by atoms with van der Waals surface area (Å²) < 4.78 is 0. The minimum atomic E-state index is -0.448. The third kappa shape index (κ3) is 4.09. The van der Waals surface area contributed by atoms with Crippen molar-refractivity contribution in [1.29, 1.82) is 0 Å². The lowest BCUT2D eigenvalue weighted by molar-refractivity contribution is -0.127. The highest BCUT2D eigenvalue weighted by molar-refractivity contribution is 5.91. The molecule has 3 rings (SSSR count). The van der Waals surface area contributed by atoms with Gasteiger partial charge in [-0.15, -0.1) is 0 Å². The van der Waals surface area contributed by atoms with Gasteiger partial charge in [-0.25, -0.2) is 0 Å². The van der Waals surface area contributed by atoms with Gasteiger partial charge in [-0.05, 0) is 48.1 Å². The van der Waals surface area contributed by atoms with Crippen LogP contribution < -0.4 is 0 Å². The summed E-state index contributed by atoms with van der Waals surface area (Å²) in [4.78, 5) is 18.1. The summed E-state index contributed by atoms with van der Waals surface area (Å²) in [5.74, 6) is 0.236. The van der Waals surface area contributed by atoms with Crippen molar-refractivity contribution in [2.75, 3.05) is 13.1 Å². The van der Waals surface area contributed by atoms with E-state index in [2.05, 4.69) is 4.98 Å². The van der Waals surface area contributed by atoms with E-state index in [-0.39, 0.29) is 11.8 Å². The molecular weight excluding hydrogens is 300 g/mol. The number of aliphatic hydroxyl groups excluding tert-OH is 1. The average molecular weight is 322 g/mol. The molecule has 1 aromatic heterocycles. The summed E-state index contributed by atoms with van der Waals surface area (Å²) >= 11 is 0. The number of likely N-dealkylation sites (tertiary alicyclic amines) is 1. The second-order valence-corrected chi connectivity index (χ2v) is 6.13. The van der Waals surface area contributed by atoms with E-state index in [1.54, 1.807) is 18.5 Å². The number of carbonyl (C=O) groups is 1. The molecule has 1 aliphatic rings. The zero-order valence-electron chi connectivity index (χ0n) is 13.6. The normalized spacial score (nSPS) is 17.1. The van der Waals surface area contributed by atoms with Gasteiger partial charge in [0.05, 0.1) is 6.10 Å². The molecule has 0 bridgehead atoms. The van der Waals surface area contributed by atoms with E-state index in [4.69, 9.17) is 0 Å². The van der Waals surface area contributed by atoms with Crippen molar-refractivity contribution in [2.24, 2.45) is 5.92 Å². The maximum absolute atomic E-state index is 12.3. The van der Waals surface area contributed by atoms with Crippen LogP contribution in [0, 0.1) is 5.92 Å². The van der Waals surface area contributed by atoms with Crippen LogP contribution in [0.3, 0.4) is 0 Å². The second-order valence-electron chi connectivity index (χ2n) is 6.13. The molecule has 1 unspecified atom stereocenters. The van der Waals surface area contributed by atoms with Crippen LogP contribution in [0.15, 0.2) is 60.9 Å². The monoisotopic (exact) mass is 322 g/mol. The summed E-state index contributed by atoms with van der Waals surface area (Å²) in [5, 5.41) is 10.5. The van der Waals surface area contributed by atoms with E-state index in [1.807, 2.05) is 53.4 Å². The van der Waals surface area contributed by atoms with Crippen LogP contribution in [-0.4, -0.2) is 34.0 Å². The van der Waals surface area contributed by atoms with Gasteiger partial charge in [-0.2, -0.15) is 0 Å². The highest BCUT2D eigenvalue weighted by Gasteiger charge is 2.27. The van der Waals surface area contributed by atoms with Crippen LogP contribution >= 0.6 is 0 Å². The van der Waals surface area contributed by atoms with Gasteiger partial charge in [0.15, 0.2) is 0 Å². The molecule has 1 N–H and O–H groups in total. The number of nitrogens with zero attached hydrogens (tertiary/aromatic N) is 2. The second kappa shape index (κ2) is 7.88. The van der Waals surface area contributed by atoms with E-state index < -0.39 is 6.10 Å². The Balaban J connectivity index is 1.53. The smallest absolute Gasteiger partial charge is 0.246 e. The maximum Gasteiger partial charge on any atom is 0.246 e. The summed E-state index contributed by atoms with van der Waals surface area (Å²) in [6, 6.07) is 13.5. The molecule has 4 nitrogen and oxygen atoms in total. The average Bonchev–Trinajstić information content (AvgIpc) is 2.67. The molecule has 1 aliphatic heterocycles. The van der Waals surface area contributed by atoms with Crippen molar-refractivity contribution in [1.82, 2.24) is 9.88 Å². The van der Waals surface area contributed by atoms with E-state index >= 15 is 0 Å². The topological polar surface area (TPSA) is 53.4 Å². The van der Waals surface area contributed by atoms with Crippen LogP contribution in [0.1, 0.15) is 30.1 Å². The molecule has 2 heterocycles. The van der Waals surface area contributed by atoms with Gasteiger partial charge in [-0.1, -0.05) is 30.3 Å². The predicted octanol–water partition coefficient (Wildman–Crippen LogP) is 3.07. The van der Waals surface area contributed by atoms with Crippen LogP contribution in [0.2, 0.25) is 0 Å². The van der Waals surface area contributed by atoms with Crippen molar-refractivity contribution in [3.8, 4) is 0 Å². The Morgan fingerprint density at radius 2 is 1.79 bits per heavy atom. The van der Waals surface area contributed by atoms with E-state index in [9.17, 15) is 9.90 Å². The fourth-order valence-corrected chi connectivity index (χ4v) is 3.11. The standard InChI is InChI=1S/C20H22N2O2/c23-19(7-6-16-8-12-21-13-9-16)22-14-10-18(11-15-22)20(24)17-4-2-1-3-5-17/h1-9,12-13,18,20,24H,10-11,14-15H2. The van der Waals surface area contributed by atoms with Gasteiger partial charge >= 0.3 is 0 Å². The number of amides is 1. The molecule has 1 saturated heterocycles. The SMILES string of the molecule is O=C(C=Cc1ccncc1)N1CCC(C(O)c2ccccc2)CC1. The molecule has 2 aromatic rings. The fraction of sp³-hybridized carbons (Fsp3) is 0.300. The van der Waals surface area contributed by atoms with Crippen molar-refractivity contribution >= 4 is 12.0 Å². The lowest BCUT2D eigenvalue weighted by Crippen LogP contribution is -2.38. The molecule has 4 heteroatoms. The van der Waals surface area contributed by atoms with Crippen molar-refractivity contribution in [2.45, 2.75) is 18.9 Å². The first-order valence-corrected chi connectivity index (χ1v) is 8.34. The number of benzene rings is 1. The Labute approximate surface area is 142 Å². The molecule has 124 valence electrons. The van der Waals surface area contributed by atoms with Gasteiger partial charge in [0, 0.05) is 31.6 Å². The van der Waals surface area contributed by atoms with E-state index in [0.29, 0.717) is 13.1 Å². The molecule has 0 saturated carbocycles. The molecule has 1 aromatic carbocycles. The number of hydrogen-bond donors (Lipinski definition) is 1. The van der Waals surface area contributed by atoms with Crippen molar-refractivity contribution < 1.29 is 9.90 Å². The van der Waals surface area contributed by atoms with Gasteiger partial charge in [-0.3, -0.25) is 9.78 Å². The fourth-order valence-electron chi connectivity index (χ4n) is 3.11. The maximum atomic E-state index is 12.3. The summed E-state index contributed by atoms with van der Waals surface area (Å²) in [6.45, 7) is 1.38. The van der Waals surface area contributed by atoms with Crippen molar-refractivity contribution in [3.05, 3.63) is 72.1 Å². The van der Waals surface area contributed by atoms with Crippen LogP contribution in [0.5, 0.6) is 0 Å². The number of piperidine rings is 1. The Bertz CT molecular complexity index is 677. The largest absolute Gasteiger partial charge is 0.388 e. The number of pyridine rings is 1. The van der Waals surface area contributed by atoms with Crippen LogP contribution in [0.4, 0.5) is 0 Å². The highest BCUT2D eigenvalue weighted by Crippen LogP contribution is 2.30. The summed E-state index contributed by atoms with van der Waals surface area (Å²) in [7, 11) is 0. The number of aliphatic hydroxyl groups is 1. The first-order chi connectivity index (χ1) is 11.7. The number of aromatic nitrogens is 1. The van der Waals surface area contributed by atoms with Crippen LogP contribution in [-0.2, 0) is 4.79 Å². The Morgan fingerprint density at radius 3 is 2.46 bits per heavy atom. The number of carbonyl (C=O) groups excluding carboxylic acids is 1. The minimum Gasteiger partial charge on any atom is -0.388 e. The number of hydrogen-bond acceptors (Lipinski definition) is 3. The first kappa shape index (κ1) is 16.4. The van der Waals surface area contributed by atoms with E-state index in [1.165, 1.54) is 0 Å². The molecule has 1 fully saturated rings. The number of rotatable bonds is 4. The van der Waals surface area contributed by atoms with Gasteiger partial charge in [0.1, 0.15) is 0 Å². The Morgan fingerprint density at radius 1 is 1.12 bits per heavy atom. The third-order valence-corrected chi connectivity index (χ3v) is 4.56. The highest BCUT2D eigenvalue weighted by atomic mass is 16.3. The molecule has 0 aliphatic carbocycles. The minimum absolute atomic E-state index is 0.0273. The third-order valence-electron chi connectivity index (χ3n) is 4.56. The van der Waals surface area contributed by atoms with Gasteiger partial charge < -0.3 is 10.0 Å².